The van der Waals surface area contributed by atoms with Gasteiger partial charge in [0.1, 0.15) is 5.69 Å². The summed E-state index contributed by atoms with van der Waals surface area (Å²) in [5, 5.41) is 2.72. The van der Waals surface area contributed by atoms with Crippen molar-refractivity contribution in [1.29, 1.82) is 0 Å². The average molecular weight is 259 g/mol. The fraction of sp³-hybridized carbons (Fsp3) is 0.467. The Hall–Kier alpha value is -1.84. The number of hydrogen-bond donors (Lipinski definition) is 1. The lowest BCUT2D eigenvalue weighted by Crippen LogP contribution is -2.33. The third-order valence-electron chi connectivity index (χ3n) is 3.54. The highest BCUT2D eigenvalue weighted by atomic mass is 16.1. The zero-order valence-corrected chi connectivity index (χ0v) is 11.4. The molecular weight excluding hydrogens is 238 g/mol. The van der Waals surface area contributed by atoms with Crippen LogP contribution in [0.2, 0.25) is 0 Å². The van der Waals surface area contributed by atoms with Crippen molar-refractivity contribution in [1.82, 2.24) is 10.3 Å². The zero-order chi connectivity index (χ0) is 13.7. The summed E-state index contributed by atoms with van der Waals surface area (Å²) < 4.78 is 0. The topological polar surface area (TPSA) is 45.2 Å². The van der Waals surface area contributed by atoms with Crippen LogP contribution in [0, 0.1) is 5.92 Å². The van der Waals surface area contributed by atoms with Crippen LogP contribution >= 0.6 is 0 Å². The lowest BCUT2D eigenvalue weighted by molar-refractivity contribution is 0.0953. The Balaban J connectivity index is 1.98. The molecule has 0 aromatic carbocycles. The molecule has 0 bridgehead atoms. The molecular formula is C15H21N3O. The third kappa shape index (κ3) is 3.56. The van der Waals surface area contributed by atoms with Gasteiger partial charge in [-0.15, -0.1) is 6.58 Å². The second-order valence-corrected chi connectivity index (χ2v) is 5.07. The van der Waals surface area contributed by atoms with Crippen LogP contribution in [-0.2, 0) is 0 Å². The first kappa shape index (κ1) is 13.6. The number of carbonyl (C=O) groups is 1. The molecule has 19 heavy (non-hydrogen) atoms. The Morgan fingerprint density at radius 2 is 2.26 bits per heavy atom. The normalized spacial score (nSPS) is 16.2. The van der Waals surface area contributed by atoms with E-state index in [0.29, 0.717) is 12.2 Å². The number of aromatic nitrogens is 1. The van der Waals surface area contributed by atoms with E-state index in [0.717, 1.165) is 24.7 Å². The minimum Gasteiger partial charge on any atom is -0.370 e. The van der Waals surface area contributed by atoms with Gasteiger partial charge < -0.3 is 10.2 Å². The quantitative estimate of drug-likeness (QED) is 0.843. The van der Waals surface area contributed by atoms with Crippen molar-refractivity contribution >= 4 is 11.6 Å². The van der Waals surface area contributed by atoms with Crippen molar-refractivity contribution in [2.24, 2.45) is 5.92 Å². The van der Waals surface area contributed by atoms with Crippen LogP contribution in [0.4, 0.5) is 5.69 Å². The first-order valence-electron chi connectivity index (χ1n) is 6.81. The maximum Gasteiger partial charge on any atom is 0.270 e. The molecule has 0 aliphatic carbocycles. The fourth-order valence-corrected chi connectivity index (χ4v) is 2.23. The van der Waals surface area contributed by atoms with Crippen molar-refractivity contribution in [2.75, 3.05) is 24.5 Å². The predicted molar refractivity (Wildman–Crippen MR) is 77.4 cm³/mol. The summed E-state index contributed by atoms with van der Waals surface area (Å²) in [5.74, 6) is 0.659. The molecule has 0 saturated carbocycles. The van der Waals surface area contributed by atoms with E-state index in [9.17, 15) is 4.79 Å². The maximum atomic E-state index is 11.7. The van der Waals surface area contributed by atoms with Gasteiger partial charge in [0.25, 0.3) is 5.91 Å². The Labute approximate surface area is 114 Å². The van der Waals surface area contributed by atoms with Crippen LogP contribution in [-0.4, -0.2) is 30.5 Å². The van der Waals surface area contributed by atoms with E-state index in [-0.39, 0.29) is 5.91 Å². The average Bonchev–Trinajstić information content (AvgIpc) is 2.46. The number of nitrogens with one attached hydrogen (secondary N) is 1. The van der Waals surface area contributed by atoms with E-state index in [1.807, 2.05) is 6.07 Å². The van der Waals surface area contributed by atoms with Crippen LogP contribution in [0.25, 0.3) is 0 Å². The van der Waals surface area contributed by atoms with Crippen LogP contribution in [0.3, 0.4) is 0 Å². The predicted octanol–water partition coefficient (Wildman–Crippen LogP) is 2.23. The summed E-state index contributed by atoms with van der Waals surface area (Å²) in [6.07, 6.45) is 5.89. The highest BCUT2D eigenvalue weighted by molar-refractivity contribution is 5.92. The van der Waals surface area contributed by atoms with Crippen molar-refractivity contribution in [2.45, 2.75) is 19.8 Å². The smallest absolute Gasteiger partial charge is 0.270 e. The SMILES string of the molecule is C=CCNC(=O)c1ccc(N2CCC(C)CC2)cn1. The van der Waals surface area contributed by atoms with Crippen LogP contribution < -0.4 is 10.2 Å². The Bertz CT molecular complexity index is 433. The lowest BCUT2D eigenvalue weighted by Gasteiger charge is -2.31. The van der Waals surface area contributed by atoms with Crippen molar-refractivity contribution in [3.05, 3.63) is 36.7 Å². The highest BCUT2D eigenvalue weighted by Crippen LogP contribution is 2.22. The number of carbonyl (C=O) groups excluding carboxylic acids is 1. The second kappa shape index (κ2) is 6.36. The lowest BCUT2D eigenvalue weighted by atomic mass is 9.99. The molecule has 1 aromatic rings. The van der Waals surface area contributed by atoms with Gasteiger partial charge in [0.2, 0.25) is 0 Å². The van der Waals surface area contributed by atoms with E-state index >= 15 is 0 Å². The summed E-state index contributed by atoms with van der Waals surface area (Å²) in [7, 11) is 0. The second-order valence-electron chi connectivity index (χ2n) is 5.07. The molecule has 1 amide bonds. The third-order valence-corrected chi connectivity index (χ3v) is 3.54. The summed E-state index contributed by atoms with van der Waals surface area (Å²) in [4.78, 5) is 18.3. The van der Waals surface area contributed by atoms with Crippen molar-refractivity contribution < 1.29 is 4.79 Å². The van der Waals surface area contributed by atoms with Gasteiger partial charge in [-0.25, -0.2) is 4.98 Å². The molecule has 1 saturated heterocycles. The summed E-state index contributed by atoms with van der Waals surface area (Å²) in [6.45, 7) is 8.47. The van der Waals surface area contributed by atoms with Gasteiger partial charge in [-0.3, -0.25) is 4.79 Å². The molecule has 1 fully saturated rings. The molecule has 1 aromatic heterocycles. The Morgan fingerprint density at radius 3 is 2.84 bits per heavy atom. The highest BCUT2D eigenvalue weighted by Gasteiger charge is 2.16. The van der Waals surface area contributed by atoms with Gasteiger partial charge in [-0.1, -0.05) is 13.0 Å². The number of rotatable bonds is 4. The van der Waals surface area contributed by atoms with Crippen LogP contribution in [0.5, 0.6) is 0 Å². The van der Waals surface area contributed by atoms with Gasteiger partial charge in [-0.2, -0.15) is 0 Å². The molecule has 2 rings (SSSR count). The fourth-order valence-electron chi connectivity index (χ4n) is 2.23. The van der Waals surface area contributed by atoms with Crippen LogP contribution in [0.1, 0.15) is 30.3 Å². The molecule has 102 valence electrons. The molecule has 1 N–H and O–H groups in total. The molecule has 1 aliphatic heterocycles. The minimum absolute atomic E-state index is 0.154. The summed E-state index contributed by atoms with van der Waals surface area (Å²) in [5.41, 5.74) is 1.56. The number of piperidine rings is 1. The molecule has 0 atom stereocenters. The number of amides is 1. The zero-order valence-electron chi connectivity index (χ0n) is 11.4. The standard InChI is InChI=1S/C15H21N3O/c1-3-8-16-15(19)14-5-4-13(11-17-14)18-9-6-12(2)7-10-18/h3-5,11-12H,1,6-10H2,2H3,(H,16,19). The number of pyridine rings is 1. The first-order valence-corrected chi connectivity index (χ1v) is 6.81. The number of anilines is 1. The van der Waals surface area contributed by atoms with E-state index in [2.05, 4.69) is 28.7 Å². The summed E-state index contributed by atoms with van der Waals surface area (Å²) >= 11 is 0. The maximum absolute atomic E-state index is 11.7. The van der Waals surface area contributed by atoms with E-state index in [1.165, 1.54) is 12.8 Å². The van der Waals surface area contributed by atoms with Gasteiger partial charge in [0.05, 0.1) is 11.9 Å². The van der Waals surface area contributed by atoms with Crippen molar-refractivity contribution in [3.63, 3.8) is 0 Å². The molecule has 1 aliphatic rings. The first-order chi connectivity index (χ1) is 9.20. The van der Waals surface area contributed by atoms with Crippen molar-refractivity contribution in [3.8, 4) is 0 Å². The molecule has 0 radical (unpaired) electrons. The van der Waals surface area contributed by atoms with Gasteiger partial charge in [0, 0.05) is 19.6 Å². The molecule has 2 heterocycles. The van der Waals surface area contributed by atoms with E-state index in [4.69, 9.17) is 0 Å². The Kier molecular flexibility index (Phi) is 4.55. The molecule has 4 nitrogen and oxygen atoms in total. The van der Waals surface area contributed by atoms with E-state index < -0.39 is 0 Å². The van der Waals surface area contributed by atoms with Gasteiger partial charge >= 0.3 is 0 Å². The largest absolute Gasteiger partial charge is 0.370 e. The van der Waals surface area contributed by atoms with Gasteiger partial charge in [-0.05, 0) is 30.9 Å². The van der Waals surface area contributed by atoms with Gasteiger partial charge in [0.15, 0.2) is 0 Å². The number of nitrogens with zero attached hydrogens (tertiary/aromatic N) is 2. The number of hydrogen-bond acceptors (Lipinski definition) is 3. The minimum atomic E-state index is -0.154. The summed E-state index contributed by atoms with van der Waals surface area (Å²) in [6, 6.07) is 3.76. The van der Waals surface area contributed by atoms with Crippen LogP contribution in [0.15, 0.2) is 31.0 Å². The monoisotopic (exact) mass is 259 g/mol. The van der Waals surface area contributed by atoms with E-state index in [1.54, 1.807) is 18.3 Å². The Morgan fingerprint density at radius 1 is 1.53 bits per heavy atom. The molecule has 0 unspecified atom stereocenters. The molecule has 0 spiro atoms. The molecule has 4 heteroatoms.